The summed E-state index contributed by atoms with van der Waals surface area (Å²) in [5.74, 6) is -0.410. The SMILES string of the molecule is CN1C(=O)CS(=O)c2cc(S(=O)(=O)Cl)ccc21. The second-order valence-electron chi connectivity index (χ2n) is 3.51. The molecule has 0 radical (unpaired) electrons. The van der Waals surface area contributed by atoms with Crippen molar-refractivity contribution in [3.05, 3.63) is 18.2 Å². The summed E-state index contributed by atoms with van der Waals surface area (Å²) in [5, 5.41) is 0. The van der Waals surface area contributed by atoms with Crippen LogP contribution in [0.5, 0.6) is 0 Å². The van der Waals surface area contributed by atoms with E-state index in [1.807, 2.05) is 0 Å². The van der Waals surface area contributed by atoms with Gasteiger partial charge in [0.15, 0.2) is 0 Å². The number of hydrogen-bond acceptors (Lipinski definition) is 4. The van der Waals surface area contributed by atoms with Crippen LogP contribution in [0.1, 0.15) is 0 Å². The molecule has 8 heteroatoms. The largest absolute Gasteiger partial charge is 0.313 e. The second-order valence-corrected chi connectivity index (χ2v) is 7.50. The van der Waals surface area contributed by atoms with Crippen LogP contribution < -0.4 is 4.90 Å². The minimum atomic E-state index is -3.86. The molecule has 92 valence electrons. The molecule has 17 heavy (non-hydrogen) atoms. The molecule has 0 saturated heterocycles. The van der Waals surface area contributed by atoms with E-state index in [0.717, 1.165) is 0 Å². The Balaban J connectivity index is 2.64. The van der Waals surface area contributed by atoms with Gasteiger partial charge < -0.3 is 4.90 Å². The van der Waals surface area contributed by atoms with Gasteiger partial charge in [-0.25, -0.2) is 8.42 Å². The molecule has 1 amide bonds. The van der Waals surface area contributed by atoms with Gasteiger partial charge in [-0.05, 0) is 18.2 Å². The molecule has 0 aliphatic carbocycles. The average Bonchev–Trinajstić information content (AvgIpc) is 2.24. The Morgan fingerprint density at radius 1 is 1.41 bits per heavy atom. The molecule has 0 aromatic heterocycles. The molecule has 1 aliphatic heterocycles. The average molecular weight is 294 g/mol. The number of nitrogens with zero attached hydrogens (tertiary/aromatic N) is 1. The van der Waals surface area contributed by atoms with E-state index in [0.29, 0.717) is 10.6 Å². The third-order valence-electron chi connectivity index (χ3n) is 2.45. The lowest BCUT2D eigenvalue weighted by Crippen LogP contribution is -2.35. The van der Waals surface area contributed by atoms with Crippen LogP contribution in [-0.4, -0.2) is 31.3 Å². The standard InChI is InChI=1S/C9H8ClNO4S2/c1-11-7-3-2-6(17(10,14)15)4-8(7)16(13)5-9(11)12/h2-4H,5H2,1H3. The third kappa shape index (κ3) is 2.22. The van der Waals surface area contributed by atoms with Gasteiger partial charge in [0, 0.05) is 17.7 Å². The van der Waals surface area contributed by atoms with E-state index in [4.69, 9.17) is 10.7 Å². The molecule has 1 unspecified atom stereocenters. The van der Waals surface area contributed by atoms with Crippen molar-refractivity contribution in [1.29, 1.82) is 0 Å². The number of rotatable bonds is 1. The maximum Gasteiger partial charge on any atom is 0.261 e. The van der Waals surface area contributed by atoms with Crippen molar-refractivity contribution in [2.45, 2.75) is 9.79 Å². The van der Waals surface area contributed by atoms with Crippen LogP contribution in [0.25, 0.3) is 0 Å². The fourth-order valence-corrected chi connectivity index (χ4v) is 3.65. The van der Waals surface area contributed by atoms with Gasteiger partial charge in [-0.2, -0.15) is 0 Å². The first-order valence-electron chi connectivity index (χ1n) is 4.54. The van der Waals surface area contributed by atoms with E-state index in [9.17, 15) is 17.4 Å². The third-order valence-corrected chi connectivity index (χ3v) is 5.13. The fraction of sp³-hybridized carbons (Fsp3) is 0.222. The first kappa shape index (κ1) is 12.5. The minimum absolute atomic E-state index is 0.117. The number of carbonyl (C=O) groups excluding carboxylic acids is 1. The first-order valence-corrected chi connectivity index (χ1v) is 8.17. The van der Waals surface area contributed by atoms with Gasteiger partial charge >= 0.3 is 0 Å². The van der Waals surface area contributed by atoms with Crippen molar-refractivity contribution < 1.29 is 17.4 Å². The van der Waals surface area contributed by atoms with Gasteiger partial charge in [0.2, 0.25) is 5.91 Å². The summed E-state index contributed by atoms with van der Waals surface area (Å²) in [6.45, 7) is 0. The van der Waals surface area contributed by atoms with Crippen molar-refractivity contribution in [3.63, 3.8) is 0 Å². The molecule has 0 saturated carbocycles. The van der Waals surface area contributed by atoms with E-state index in [1.165, 1.54) is 23.1 Å². The Morgan fingerprint density at radius 2 is 2.06 bits per heavy atom. The molecule has 2 rings (SSSR count). The first-order chi connectivity index (χ1) is 7.80. The van der Waals surface area contributed by atoms with E-state index < -0.39 is 19.9 Å². The Kier molecular flexibility index (Phi) is 3.01. The Labute approximate surface area is 105 Å². The summed E-state index contributed by atoms with van der Waals surface area (Å²) in [5.41, 5.74) is 0.448. The van der Waals surface area contributed by atoms with Gasteiger partial charge in [-0.3, -0.25) is 9.00 Å². The predicted octanol–water partition coefficient (Wildman–Crippen LogP) is 0.698. The second kappa shape index (κ2) is 4.08. The summed E-state index contributed by atoms with van der Waals surface area (Å²) in [7, 11) is 1.37. The van der Waals surface area contributed by atoms with Crippen molar-refractivity contribution in [3.8, 4) is 0 Å². The minimum Gasteiger partial charge on any atom is -0.313 e. The van der Waals surface area contributed by atoms with E-state index in [2.05, 4.69) is 0 Å². The normalized spacial score (nSPS) is 20.2. The number of halogens is 1. The number of amides is 1. The van der Waals surface area contributed by atoms with E-state index >= 15 is 0 Å². The molecule has 1 aromatic carbocycles. The van der Waals surface area contributed by atoms with Crippen molar-refractivity contribution in [2.24, 2.45) is 0 Å². The molecule has 1 aliphatic rings. The summed E-state index contributed by atoms with van der Waals surface area (Å²) in [6.07, 6.45) is 0. The highest BCUT2D eigenvalue weighted by molar-refractivity contribution is 8.13. The molecular formula is C9H8ClNO4S2. The molecule has 0 spiro atoms. The smallest absolute Gasteiger partial charge is 0.261 e. The Hall–Kier alpha value is -0.920. The highest BCUT2D eigenvalue weighted by atomic mass is 35.7. The van der Waals surface area contributed by atoms with Crippen LogP contribution >= 0.6 is 10.7 Å². The molecule has 0 N–H and O–H groups in total. The van der Waals surface area contributed by atoms with Crippen molar-refractivity contribution in [1.82, 2.24) is 0 Å². The van der Waals surface area contributed by atoms with Crippen molar-refractivity contribution >= 4 is 42.1 Å². The summed E-state index contributed by atoms with van der Waals surface area (Å²) < 4.78 is 34.1. The van der Waals surface area contributed by atoms with Crippen LogP contribution in [0.3, 0.4) is 0 Å². The number of anilines is 1. The van der Waals surface area contributed by atoms with Crippen LogP contribution in [0, 0.1) is 0 Å². The summed E-state index contributed by atoms with van der Waals surface area (Å²) in [6, 6.07) is 3.96. The summed E-state index contributed by atoms with van der Waals surface area (Å²) in [4.78, 5) is 13.0. The van der Waals surface area contributed by atoms with E-state index in [1.54, 1.807) is 7.05 Å². The van der Waals surface area contributed by atoms with Gasteiger partial charge in [-0.15, -0.1) is 0 Å². The molecular weight excluding hydrogens is 286 g/mol. The van der Waals surface area contributed by atoms with E-state index in [-0.39, 0.29) is 16.6 Å². The fourth-order valence-electron chi connectivity index (χ4n) is 1.53. The van der Waals surface area contributed by atoms with Crippen molar-refractivity contribution in [2.75, 3.05) is 17.7 Å². The van der Waals surface area contributed by atoms with Gasteiger partial charge in [0.25, 0.3) is 9.05 Å². The highest BCUT2D eigenvalue weighted by Crippen LogP contribution is 2.31. The highest BCUT2D eigenvalue weighted by Gasteiger charge is 2.27. The number of benzene rings is 1. The van der Waals surface area contributed by atoms with Crippen LogP contribution in [0.15, 0.2) is 28.0 Å². The maximum absolute atomic E-state index is 11.7. The Morgan fingerprint density at radius 3 is 2.65 bits per heavy atom. The molecule has 0 fully saturated rings. The summed E-state index contributed by atoms with van der Waals surface area (Å²) >= 11 is 0. The topological polar surface area (TPSA) is 71.5 Å². The van der Waals surface area contributed by atoms with Crippen LogP contribution in [0.2, 0.25) is 0 Å². The lowest BCUT2D eigenvalue weighted by molar-refractivity contribution is -0.116. The van der Waals surface area contributed by atoms with Gasteiger partial charge in [-0.1, -0.05) is 0 Å². The Bertz CT molecular complexity index is 626. The maximum atomic E-state index is 11.7. The van der Waals surface area contributed by atoms with Gasteiger partial charge in [0.05, 0.1) is 26.3 Å². The van der Waals surface area contributed by atoms with Gasteiger partial charge in [0.1, 0.15) is 5.75 Å². The zero-order chi connectivity index (χ0) is 12.8. The number of carbonyl (C=O) groups is 1. The lowest BCUT2D eigenvalue weighted by Gasteiger charge is -2.25. The molecule has 1 heterocycles. The quantitative estimate of drug-likeness (QED) is 0.715. The number of fused-ring (bicyclic) bond motifs is 1. The predicted molar refractivity (Wildman–Crippen MR) is 64.2 cm³/mol. The van der Waals surface area contributed by atoms with Crippen LogP contribution in [-0.2, 0) is 24.6 Å². The molecule has 0 bridgehead atoms. The molecule has 1 atom stereocenters. The monoisotopic (exact) mass is 293 g/mol. The molecule has 5 nitrogen and oxygen atoms in total. The number of hydrogen-bond donors (Lipinski definition) is 0. The lowest BCUT2D eigenvalue weighted by atomic mass is 10.3. The zero-order valence-corrected chi connectivity index (χ0v) is 11.1. The van der Waals surface area contributed by atoms with Crippen LogP contribution in [0.4, 0.5) is 5.69 Å². The molecule has 1 aromatic rings. The zero-order valence-electron chi connectivity index (χ0n) is 8.71.